The van der Waals surface area contributed by atoms with E-state index < -0.39 is 17.6 Å². The zero-order valence-corrected chi connectivity index (χ0v) is 23.0. The molecule has 3 atom stereocenters. The molecule has 42 heavy (non-hydrogen) atoms. The van der Waals surface area contributed by atoms with Crippen molar-refractivity contribution in [1.29, 1.82) is 0 Å². The highest BCUT2D eigenvalue weighted by Crippen LogP contribution is 2.35. The van der Waals surface area contributed by atoms with Gasteiger partial charge in [0.1, 0.15) is 29.9 Å². The summed E-state index contributed by atoms with van der Waals surface area (Å²) < 4.78 is 40.8. The van der Waals surface area contributed by atoms with E-state index in [1.165, 1.54) is 12.1 Å². The number of pyridine rings is 1. The Morgan fingerprint density at radius 3 is 2.55 bits per heavy atom. The van der Waals surface area contributed by atoms with Gasteiger partial charge in [0.25, 0.3) is 0 Å². The first-order valence-electron chi connectivity index (χ1n) is 14.2. The van der Waals surface area contributed by atoms with Crippen molar-refractivity contribution in [2.45, 2.75) is 32.2 Å². The quantitative estimate of drug-likeness (QED) is 0.315. The van der Waals surface area contributed by atoms with Gasteiger partial charge in [-0.1, -0.05) is 6.07 Å². The van der Waals surface area contributed by atoms with Gasteiger partial charge >= 0.3 is 5.97 Å². The van der Waals surface area contributed by atoms with E-state index in [1.807, 2.05) is 12.1 Å². The molecule has 0 saturated carbocycles. The fourth-order valence-electron chi connectivity index (χ4n) is 6.32. The van der Waals surface area contributed by atoms with Gasteiger partial charge in [0.15, 0.2) is 0 Å². The molecule has 9 nitrogen and oxygen atoms in total. The Balaban J connectivity index is 1.00. The number of anilines is 1. The first-order chi connectivity index (χ1) is 20.4. The summed E-state index contributed by atoms with van der Waals surface area (Å²) in [5, 5.41) is 9.51. The summed E-state index contributed by atoms with van der Waals surface area (Å²) in [5.74, 6) is 0.915. The molecular formula is C31H31F2N5O4. The normalized spacial score (nSPS) is 22.0. The molecule has 2 aromatic heterocycles. The Labute approximate surface area is 241 Å². The summed E-state index contributed by atoms with van der Waals surface area (Å²) in [6, 6.07) is 14.1. The van der Waals surface area contributed by atoms with Crippen LogP contribution in [0.3, 0.4) is 0 Å². The Hall–Kier alpha value is -4.09. The zero-order chi connectivity index (χ0) is 28.8. The fourth-order valence-corrected chi connectivity index (χ4v) is 6.32. The molecule has 218 valence electrons. The van der Waals surface area contributed by atoms with Crippen molar-refractivity contribution in [3.8, 4) is 5.88 Å². The second-order valence-corrected chi connectivity index (χ2v) is 11.4. The van der Waals surface area contributed by atoms with Crippen LogP contribution in [0, 0.1) is 23.5 Å². The minimum atomic E-state index is -0.948. The molecule has 4 aromatic rings. The number of hydrogen-bond acceptors (Lipinski definition) is 7. The van der Waals surface area contributed by atoms with Crippen molar-refractivity contribution >= 4 is 22.8 Å². The van der Waals surface area contributed by atoms with E-state index in [0.717, 1.165) is 67.9 Å². The van der Waals surface area contributed by atoms with E-state index in [9.17, 15) is 18.7 Å². The number of halogens is 2. The molecule has 0 spiro atoms. The summed E-state index contributed by atoms with van der Waals surface area (Å²) in [6.45, 7) is 5.71. The lowest BCUT2D eigenvalue weighted by atomic mass is 10.0. The highest BCUT2D eigenvalue weighted by atomic mass is 19.1. The van der Waals surface area contributed by atoms with Crippen molar-refractivity contribution < 1.29 is 28.2 Å². The standard InChI is InChI=1S/C31H31F2N5O4/c32-23-6-4-20(25(33)11-23)18-42-30-3-1-2-28(35-30)37-14-21-12-36(13-22(21)15-37)17-29-34-26-7-5-19(31(39)40)10-27(26)38(29)16-24-8-9-41-24/h1-7,10-11,21-22,24H,8-9,12-18H2,(H,39,40). The predicted molar refractivity (Wildman–Crippen MR) is 150 cm³/mol. The zero-order valence-electron chi connectivity index (χ0n) is 23.0. The minimum Gasteiger partial charge on any atom is -0.478 e. The van der Waals surface area contributed by atoms with Crippen LogP contribution >= 0.6 is 0 Å². The lowest BCUT2D eigenvalue weighted by molar-refractivity contribution is -0.0591. The number of imidazole rings is 1. The van der Waals surface area contributed by atoms with Gasteiger partial charge in [-0.05, 0) is 54.7 Å². The number of benzene rings is 2. The molecule has 0 bridgehead atoms. The van der Waals surface area contributed by atoms with Gasteiger partial charge in [-0.25, -0.2) is 18.6 Å². The molecule has 3 aliphatic rings. The molecule has 0 amide bonds. The van der Waals surface area contributed by atoms with E-state index in [1.54, 1.807) is 24.3 Å². The monoisotopic (exact) mass is 575 g/mol. The number of fused-ring (bicyclic) bond motifs is 2. The number of rotatable bonds is 9. The third-order valence-corrected chi connectivity index (χ3v) is 8.60. The number of aromatic carboxylic acids is 1. The maximum Gasteiger partial charge on any atom is 0.335 e. The van der Waals surface area contributed by atoms with E-state index in [-0.39, 0.29) is 23.8 Å². The van der Waals surface area contributed by atoms with Crippen molar-refractivity contribution in [2.24, 2.45) is 11.8 Å². The molecule has 7 rings (SSSR count). The Morgan fingerprint density at radius 2 is 1.83 bits per heavy atom. The Morgan fingerprint density at radius 1 is 1.02 bits per heavy atom. The number of likely N-dealkylation sites (tertiary alicyclic amines) is 1. The van der Waals surface area contributed by atoms with Crippen LogP contribution in [-0.2, 0) is 24.4 Å². The second-order valence-electron chi connectivity index (χ2n) is 11.4. The Kier molecular flexibility index (Phi) is 6.99. The van der Waals surface area contributed by atoms with Crippen molar-refractivity contribution in [1.82, 2.24) is 19.4 Å². The minimum absolute atomic E-state index is 0.0297. The maximum atomic E-state index is 14.0. The number of carbonyl (C=O) groups is 1. The summed E-state index contributed by atoms with van der Waals surface area (Å²) in [4.78, 5) is 25.9. The molecule has 11 heteroatoms. The van der Waals surface area contributed by atoms with Crippen molar-refractivity contribution in [2.75, 3.05) is 37.7 Å². The first kappa shape index (κ1) is 26.8. The summed E-state index contributed by atoms with van der Waals surface area (Å²) >= 11 is 0. The number of carboxylic acid groups (broad SMARTS) is 1. The predicted octanol–water partition coefficient (Wildman–Crippen LogP) is 4.34. The van der Waals surface area contributed by atoms with Gasteiger partial charge in [-0.3, -0.25) is 4.90 Å². The van der Waals surface area contributed by atoms with Crippen LogP contribution in [0.5, 0.6) is 5.88 Å². The maximum absolute atomic E-state index is 14.0. The van der Waals surface area contributed by atoms with Crippen LogP contribution in [0.1, 0.15) is 28.2 Å². The van der Waals surface area contributed by atoms with Crippen LogP contribution in [-0.4, -0.2) is 69.4 Å². The third-order valence-electron chi connectivity index (χ3n) is 8.60. The van der Waals surface area contributed by atoms with Gasteiger partial charge in [0.2, 0.25) is 5.88 Å². The highest BCUT2D eigenvalue weighted by molar-refractivity contribution is 5.92. The van der Waals surface area contributed by atoms with Crippen LogP contribution < -0.4 is 9.64 Å². The number of carboxylic acids is 1. The van der Waals surface area contributed by atoms with Gasteiger partial charge in [-0.15, -0.1) is 0 Å². The van der Waals surface area contributed by atoms with Crippen LogP contribution in [0.2, 0.25) is 0 Å². The van der Waals surface area contributed by atoms with Crippen LogP contribution in [0.4, 0.5) is 14.6 Å². The molecule has 0 radical (unpaired) electrons. The number of aromatic nitrogens is 3. The number of ether oxygens (including phenoxy) is 2. The fraction of sp³-hybridized carbons (Fsp3) is 0.387. The highest BCUT2D eigenvalue weighted by Gasteiger charge is 2.41. The van der Waals surface area contributed by atoms with Crippen molar-refractivity contribution in [3.63, 3.8) is 0 Å². The summed E-state index contributed by atoms with van der Waals surface area (Å²) in [5.41, 5.74) is 2.17. The molecule has 3 fully saturated rings. The van der Waals surface area contributed by atoms with Gasteiger partial charge in [0.05, 0.1) is 35.8 Å². The molecule has 2 aromatic carbocycles. The van der Waals surface area contributed by atoms with E-state index in [2.05, 4.69) is 19.4 Å². The van der Waals surface area contributed by atoms with Gasteiger partial charge < -0.3 is 24.0 Å². The van der Waals surface area contributed by atoms with Crippen LogP contribution in [0.15, 0.2) is 54.6 Å². The van der Waals surface area contributed by atoms with E-state index in [4.69, 9.17) is 14.5 Å². The van der Waals surface area contributed by atoms with E-state index >= 15 is 0 Å². The van der Waals surface area contributed by atoms with Gasteiger partial charge in [0, 0.05) is 50.5 Å². The lowest BCUT2D eigenvalue weighted by Crippen LogP contribution is -2.33. The smallest absolute Gasteiger partial charge is 0.335 e. The van der Waals surface area contributed by atoms with E-state index in [0.29, 0.717) is 30.8 Å². The van der Waals surface area contributed by atoms with Gasteiger partial charge in [-0.2, -0.15) is 4.98 Å². The second kappa shape index (κ2) is 11.0. The van der Waals surface area contributed by atoms with Crippen molar-refractivity contribution in [3.05, 3.63) is 83.2 Å². The SMILES string of the molecule is O=C(O)c1ccc2nc(CN3CC4CN(c5cccc(OCc6ccc(F)cc6F)n5)CC4C3)n(CC3CCO3)c2c1. The largest absolute Gasteiger partial charge is 0.478 e. The topological polar surface area (TPSA) is 93.0 Å². The molecular weight excluding hydrogens is 544 g/mol. The Bertz CT molecular complexity index is 1630. The third kappa shape index (κ3) is 5.30. The summed E-state index contributed by atoms with van der Waals surface area (Å²) in [7, 11) is 0. The van der Waals surface area contributed by atoms with Crippen LogP contribution in [0.25, 0.3) is 11.0 Å². The molecule has 3 saturated heterocycles. The molecule has 3 aliphatic heterocycles. The number of hydrogen-bond donors (Lipinski definition) is 1. The number of nitrogens with zero attached hydrogens (tertiary/aromatic N) is 5. The average molecular weight is 576 g/mol. The molecule has 3 unspecified atom stereocenters. The molecule has 5 heterocycles. The lowest BCUT2D eigenvalue weighted by Gasteiger charge is -2.28. The first-order valence-corrected chi connectivity index (χ1v) is 14.2. The summed E-state index contributed by atoms with van der Waals surface area (Å²) in [6.07, 6.45) is 1.12. The molecule has 0 aliphatic carbocycles. The molecule has 1 N–H and O–H groups in total. The average Bonchev–Trinajstić information content (AvgIpc) is 3.61.